The summed E-state index contributed by atoms with van der Waals surface area (Å²) in [4.78, 5) is 22.9. The Bertz CT molecular complexity index is 409. The quantitative estimate of drug-likeness (QED) is 0.782. The van der Waals surface area contributed by atoms with Crippen LogP contribution in [0.2, 0.25) is 0 Å². The van der Waals surface area contributed by atoms with Crippen molar-refractivity contribution in [1.29, 1.82) is 0 Å². The van der Waals surface area contributed by atoms with Crippen LogP contribution >= 0.6 is 0 Å². The Labute approximate surface area is 125 Å². The summed E-state index contributed by atoms with van der Waals surface area (Å²) in [6.07, 6.45) is -0.702. The fourth-order valence-electron chi connectivity index (χ4n) is 1.36. The van der Waals surface area contributed by atoms with E-state index in [9.17, 15) is 9.59 Å². The van der Waals surface area contributed by atoms with Crippen LogP contribution in [0, 0.1) is 0 Å². The maximum atomic E-state index is 11.5. The first-order chi connectivity index (χ1) is 10.2. The van der Waals surface area contributed by atoms with Crippen LogP contribution in [0.3, 0.4) is 0 Å². The molecule has 0 aliphatic carbocycles. The van der Waals surface area contributed by atoms with Gasteiger partial charge in [0.2, 0.25) is 0 Å². The minimum atomic E-state index is -0.886. The fourth-order valence-corrected chi connectivity index (χ4v) is 1.36. The second-order valence-electron chi connectivity index (χ2n) is 3.75. The number of nitrogens with two attached hydrogens (primary N) is 1. The lowest BCUT2D eigenvalue weighted by atomic mass is 10.2. The molecule has 0 fully saturated rings. The summed E-state index contributed by atoms with van der Waals surface area (Å²) < 4.78 is 9.74. The van der Waals surface area contributed by atoms with Crippen LogP contribution in [0.15, 0.2) is 30.3 Å². The highest BCUT2D eigenvalue weighted by molar-refractivity contribution is 5.81. The van der Waals surface area contributed by atoms with Crippen LogP contribution in [-0.4, -0.2) is 31.3 Å². The molecule has 1 aromatic carbocycles. The molecule has 0 spiro atoms. The molecule has 0 aromatic heterocycles. The maximum absolute atomic E-state index is 11.5. The minimum absolute atomic E-state index is 0.0424. The fraction of sp³-hybridized carbons (Fsp3) is 0.467. The predicted molar refractivity (Wildman–Crippen MR) is 80.6 cm³/mol. The van der Waals surface area contributed by atoms with Crippen molar-refractivity contribution in [1.82, 2.24) is 5.32 Å². The molecule has 118 valence electrons. The van der Waals surface area contributed by atoms with E-state index in [4.69, 9.17) is 15.2 Å². The normalized spacial score (nSPS) is 10.7. The van der Waals surface area contributed by atoms with Crippen molar-refractivity contribution in [2.75, 3.05) is 13.2 Å². The molecule has 0 saturated carbocycles. The molecule has 0 aliphatic heterocycles. The highest BCUT2D eigenvalue weighted by Gasteiger charge is 2.20. The molecule has 6 nitrogen and oxygen atoms in total. The molecule has 1 unspecified atom stereocenters. The molecule has 3 N–H and O–H groups in total. The monoisotopic (exact) mass is 296 g/mol. The van der Waals surface area contributed by atoms with E-state index in [0.717, 1.165) is 5.56 Å². The highest BCUT2D eigenvalue weighted by atomic mass is 16.6. The largest absolute Gasteiger partial charge is 0.464 e. The number of amides is 1. The molecule has 0 aliphatic rings. The van der Waals surface area contributed by atoms with E-state index in [2.05, 4.69) is 5.32 Å². The van der Waals surface area contributed by atoms with E-state index in [1.165, 1.54) is 0 Å². The van der Waals surface area contributed by atoms with Crippen molar-refractivity contribution in [2.24, 2.45) is 5.73 Å². The van der Waals surface area contributed by atoms with Crippen LogP contribution in [0.1, 0.15) is 26.3 Å². The van der Waals surface area contributed by atoms with Gasteiger partial charge in [0.15, 0.2) is 0 Å². The van der Waals surface area contributed by atoms with Gasteiger partial charge >= 0.3 is 12.1 Å². The molecule has 1 amide bonds. The van der Waals surface area contributed by atoms with Gasteiger partial charge in [0.25, 0.3) is 0 Å². The molecule has 0 saturated heterocycles. The van der Waals surface area contributed by atoms with Gasteiger partial charge in [0.05, 0.1) is 6.61 Å². The number of carbonyl (C=O) groups is 2. The number of hydrogen-bond acceptors (Lipinski definition) is 5. The zero-order valence-electron chi connectivity index (χ0n) is 12.8. The number of esters is 1. The maximum Gasteiger partial charge on any atom is 0.408 e. The Hall–Kier alpha value is -2.08. The summed E-state index contributed by atoms with van der Waals surface area (Å²) in [7, 11) is 0. The smallest absolute Gasteiger partial charge is 0.408 e. The summed E-state index contributed by atoms with van der Waals surface area (Å²) in [6.45, 7) is 6.00. The number of hydrogen-bond donors (Lipinski definition) is 2. The molecule has 1 rings (SSSR count). The van der Waals surface area contributed by atoms with Crippen LogP contribution in [-0.2, 0) is 20.9 Å². The van der Waals surface area contributed by atoms with Gasteiger partial charge < -0.3 is 20.5 Å². The number of benzene rings is 1. The van der Waals surface area contributed by atoms with E-state index in [0.29, 0.717) is 0 Å². The van der Waals surface area contributed by atoms with Crippen molar-refractivity contribution in [3.8, 4) is 0 Å². The van der Waals surface area contributed by atoms with E-state index in [-0.39, 0.29) is 19.8 Å². The lowest BCUT2D eigenvalue weighted by Crippen LogP contribution is -2.46. The second-order valence-corrected chi connectivity index (χ2v) is 3.75. The first kappa shape index (κ1) is 18.9. The third-order valence-corrected chi connectivity index (χ3v) is 2.31. The Morgan fingerprint density at radius 2 is 1.81 bits per heavy atom. The third kappa shape index (κ3) is 7.94. The zero-order valence-corrected chi connectivity index (χ0v) is 12.8. The Morgan fingerprint density at radius 1 is 1.19 bits per heavy atom. The van der Waals surface area contributed by atoms with Crippen molar-refractivity contribution < 1.29 is 19.1 Å². The standard InChI is InChI=1S/C13H18N2O4.C2H6/c1-2-18-12(16)11(8-14)15-13(17)19-9-10-6-4-3-5-7-10;1-2/h3-7,11H,2,8-9,14H2,1H3,(H,15,17);1-2H3. The Morgan fingerprint density at radius 3 is 2.33 bits per heavy atom. The Kier molecular flexibility index (Phi) is 10.6. The van der Waals surface area contributed by atoms with Gasteiger partial charge in [0.1, 0.15) is 12.6 Å². The van der Waals surface area contributed by atoms with E-state index < -0.39 is 18.1 Å². The molecular weight excluding hydrogens is 272 g/mol. The predicted octanol–water partition coefficient (Wildman–Crippen LogP) is 1.83. The van der Waals surface area contributed by atoms with Gasteiger partial charge in [-0.2, -0.15) is 0 Å². The van der Waals surface area contributed by atoms with Gasteiger partial charge in [-0.05, 0) is 12.5 Å². The average Bonchev–Trinajstić information content (AvgIpc) is 2.53. The molecule has 1 aromatic rings. The van der Waals surface area contributed by atoms with Crippen molar-refractivity contribution >= 4 is 12.1 Å². The number of nitrogens with one attached hydrogen (secondary N) is 1. The van der Waals surface area contributed by atoms with Crippen LogP contribution in [0.25, 0.3) is 0 Å². The lowest BCUT2D eigenvalue weighted by Gasteiger charge is -2.15. The van der Waals surface area contributed by atoms with E-state index in [1.54, 1.807) is 6.92 Å². The molecule has 0 bridgehead atoms. The topological polar surface area (TPSA) is 90.6 Å². The zero-order chi connectivity index (χ0) is 16.1. The van der Waals surface area contributed by atoms with Crippen molar-refractivity contribution in [3.05, 3.63) is 35.9 Å². The number of alkyl carbamates (subject to hydrolysis) is 1. The van der Waals surface area contributed by atoms with Gasteiger partial charge in [-0.1, -0.05) is 44.2 Å². The minimum Gasteiger partial charge on any atom is -0.464 e. The van der Waals surface area contributed by atoms with E-state index >= 15 is 0 Å². The van der Waals surface area contributed by atoms with Gasteiger partial charge in [-0.25, -0.2) is 9.59 Å². The lowest BCUT2D eigenvalue weighted by molar-refractivity contribution is -0.145. The first-order valence-electron chi connectivity index (χ1n) is 7.01. The second kappa shape index (κ2) is 11.7. The molecule has 1 atom stereocenters. The summed E-state index contributed by atoms with van der Waals surface area (Å²) in [5.74, 6) is -0.568. The summed E-state index contributed by atoms with van der Waals surface area (Å²) in [5.41, 5.74) is 6.25. The molecule has 0 heterocycles. The SMILES string of the molecule is CC.CCOC(=O)C(CN)NC(=O)OCc1ccccc1. The molecule has 0 radical (unpaired) electrons. The molecular formula is C15H24N2O4. The Balaban J connectivity index is 0.00000191. The molecule has 6 heteroatoms. The third-order valence-electron chi connectivity index (χ3n) is 2.31. The van der Waals surface area contributed by atoms with Gasteiger partial charge in [-0.3, -0.25) is 0 Å². The average molecular weight is 296 g/mol. The highest BCUT2D eigenvalue weighted by Crippen LogP contribution is 2.00. The van der Waals surface area contributed by atoms with Crippen LogP contribution < -0.4 is 11.1 Å². The van der Waals surface area contributed by atoms with Gasteiger partial charge in [-0.15, -0.1) is 0 Å². The van der Waals surface area contributed by atoms with Crippen LogP contribution in [0.4, 0.5) is 4.79 Å². The number of carbonyl (C=O) groups excluding carboxylic acids is 2. The van der Waals surface area contributed by atoms with E-state index in [1.807, 2.05) is 44.2 Å². The van der Waals surface area contributed by atoms with Gasteiger partial charge in [0, 0.05) is 6.54 Å². The summed E-state index contributed by atoms with van der Waals surface area (Å²) in [6, 6.07) is 8.34. The van der Waals surface area contributed by atoms with Crippen molar-refractivity contribution in [3.63, 3.8) is 0 Å². The number of ether oxygens (including phenoxy) is 2. The summed E-state index contributed by atoms with van der Waals surface area (Å²) >= 11 is 0. The molecule has 21 heavy (non-hydrogen) atoms. The van der Waals surface area contributed by atoms with Crippen molar-refractivity contribution in [2.45, 2.75) is 33.4 Å². The van der Waals surface area contributed by atoms with Crippen LogP contribution in [0.5, 0.6) is 0 Å². The first-order valence-corrected chi connectivity index (χ1v) is 7.01. The number of rotatable bonds is 6. The summed E-state index contributed by atoms with van der Waals surface area (Å²) in [5, 5.41) is 2.36.